The van der Waals surface area contributed by atoms with E-state index in [0.717, 1.165) is 22.3 Å². The van der Waals surface area contributed by atoms with Crippen LogP contribution in [0, 0.1) is 13.8 Å². The summed E-state index contributed by atoms with van der Waals surface area (Å²) < 4.78 is 57.1. The summed E-state index contributed by atoms with van der Waals surface area (Å²) in [7, 11) is 3.07. The van der Waals surface area contributed by atoms with Crippen molar-refractivity contribution in [2.24, 2.45) is 5.73 Å². The van der Waals surface area contributed by atoms with Crippen molar-refractivity contribution < 1.29 is 76.4 Å². The SMILES string of the molecule is C=CCOC(=O)N1[C@H](COC(C)=O)Cc2cc(C)c(OC)c(OCC=C)c2[C@@H]1C(N)CO.C=CCOC(=O)N1[C@H](COC(C)=O)Cc2cc(C)c(OC)c(OCC=C)c2[C@@H]1C1COC(C)(C)N1C(=O)OC(C)(C)C. The van der Waals surface area contributed by atoms with Gasteiger partial charge in [-0.2, -0.15) is 0 Å². The van der Waals surface area contributed by atoms with Gasteiger partial charge in [-0.3, -0.25) is 24.3 Å². The van der Waals surface area contributed by atoms with Crippen LogP contribution in [0.25, 0.3) is 0 Å². The lowest BCUT2D eigenvalue weighted by Crippen LogP contribution is -2.59. The fraction of sp³-hybridized carbons (Fsp3) is 0.537. The largest absolute Gasteiger partial charge is 0.493 e. The van der Waals surface area contributed by atoms with Crippen LogP contribution >= 0.6 is 0 Å². The van der Waals surface area contributed by atoms with Gasteiger partial charge in [-0.05, 0) is 83.6 Å². The number of aliphatic hydroxyl groups excluding tert-OH is 1. The number of ether oxygens (including phenoxy) is 10. The molecule has 3 aliphatic rings. The van der Waals surface area contributed by atoms with Gasteiger partial charge >= 0.3 is 30.2 Å². The summed E-state index contributed by atoms with van der Waals surface area (Å²) in [5, 5.41) is 9.95. The van der Waals surface area contributed by atoms with E-state index >= 15 is 0 Å². The molecule has 0 radical (unpaired) electrons. The minimum Gasteiger partial charge on any atom is -0.493 e. The maximum atomic E-state index is 13.9. The smallest absolute Gasteiger partial charge is 0.412 e. The molecule has 2 aromatic rings. The van der Waals surface area contributed by atoms with Gasteiger partial charge in [-0.1, -0.05) is 62.8 Å². The Bertz CT molecular complexity index is 2380. The number of rotatable bonds is 19. The first kappa shape index (κ1) is 59.8. The summed E-state index contributed by atoms with van der Waals surface area (Å²) in [6, 6.07) is -0.606. The van der Waals surface area contributed by atoms with Crippen LogP contribution in [0.5, 0.6) is 23.0 Å². The molecule has 0 aromatic heterocycles. The Morgan fingerprint density at radius 1 is 0.730 bits per heavy atom. The number of benzene rings is 2. The van der Waals surface area contributed by atoms with Crippen molar-refractivity contribution in [1.29, 1.82) is 0 Å². The number of aliphatic hydroxyl groups is 1. The Balaban J connectivity index is 0.000000333. The van der Waals surface area contributed by atoms with Gasteiger partial charge in [0.2, 0.25) is 0 Å². The van der Waals surface area contributed by atoms with Crippen LogP contribution in [-0.2, 0) is 50.9 Å². The highest BCUT2D eigenvalue weighted by molar-refractivity contribution is 5.75. The van der Waals surface area contributed by atoms with Crippen LogP contribution in [0.15, 0.2) is 62.8 Å². The molecule has 6 atom stereocenters. The first-order valence-electron chi connectivity index (χ1n) is 24.3. The number of hydrogen-bond donors (Lipinski definition) is 2. The zero-order chi connectivity index (χ0) is 55.2. The Hall–Kier alpha value is -6.77. The molecule has 0 spiro atoms. The minimum absolute atomic E-state index is 0.0133. The fourth-order valence-electron chi connectivity index (χ4n) is 9.48. The molecule has 5 rings (SSSR count). The monoisotopic (exact) mass is 1040 g/mol. The summed E-state index contributed by atoms with van der Waals surface area (Å²) in [5.41, 5.74) is 9.04. The highest BCUT2D eigenvalue weighted by Gasteiger charge is 2.55. The molecule has 2 aromatic carbocycles. The molecule has 0 bridgehead atoms. The minimum atomic E-state index is -1.08. The molecule has 408 valence electrons. The van der Waals surface area contributed by atoms with Gasteiger partial charge in [-0.15, -0.1) is 0 Å². The fourth-order valence-corrected chi connectivity index (χ4v) is 9.48. The van der Waals surface area contributed by atoms with E-state index in [9.17, 15) is 29.1 Å². The molecule has 3 aliphatic heterocycles. The lowest BCUT2D eigenvalue weighted by atomic mass is 9.82. The molecule has 1 saturated heterocycles. The number of carbonyl (C=O) groups is 5. The zero-order valence-corrected chi connectivity index (χ0v) is 44.8. The third kappa shape index (κ3) is 14.1. The van der Waals surface area contributed by atoms with Crippen molar-refractivity contribution in [3.05, 3.63) is 96.1 Å². The van der Waals surface area contributed by atoms with E-state index in [4.69, 9.17) is 53.1 Å². The van der Waals surface area contributed by atoms with E-state index in [0.29, 0.717) is 47.0 Å². The van der Waals surface area contributed by atoms with Crippen LogP contribution < -0.4 is 24.7 Å². The van der Waals surface area contributed by atoms with Crippen molar-refractivity contribution in [2.75, 3.05) is 67.1 Å². The van der Waals surface area contributed by atoms with Crippen molar-refractivity contribution in [3.63, 3.8) is 0 Å². The average molecular weight is 1040 g/mol. The number of amides is 3. The molecule has 20 heteroatoms. The summed E-state index contributed by atoms with van der Waals surface area (Å²) >= 11 is 0. The van der Waals surface area contributed by atoms with E-state index in [1.807, 2.05) is 26.0 Å². The predicted octanol–water partition coefficient (Wildman–Crippen LogP) is 7.14. The first-order valence-corrected chi connectivity index (χ1v) is 24.3. The Kier molecular flexibility index (Phi) is 21.4. The zero-order valence-electron chi connectivity index (χ0n) is 44.8. The van der Waals surface area contributed by atoms with Crippen molar-refractivity contribution in [1.82, 2.24) is 14.7 Å². The normalized spacial score (nSPS) is 19.9. The van der Waals surface area contributed by atoms with Gasteiger partial charge < -0.3 is 58.2 Å². The Morgan fingerprint density at radius 2 is 1.18 bits per heavy atom. The lowest BCUT2D eigenvalue weighted by molar-refractivity contribution is -0.144. The van der Waals surface area contributed by atoms with E-state index in [-0.39, 0.29) is 46.2 Å². The van der Waals surface area contributed by atoms with Gasteiger partial charge in [0.1, 0.15) is 51.0 Å². The molecule has 3 amide bonds. The molecular formula is C54H76N4O16. The number of nitrogens with two attached hydrogens (primary N) is 1. The second-order valence-electron chi connectivity index (χ2n) is 19.2. The molecule has 0 saturated carbocycles. The molecule has 1 fully saturated rings. The molecule has 74 heavy (non-hydrogen) atoms. The van der Waals surface area contributed by atoms with E-state index < -0.39 is 84.4 Å². The first-order chi connectivity index (χ1) is 35.0. The second kappa shape index (κ2) is 26.4. The number of methoxy groups -OCH3 is 2. The van der Waals surface area contributed by atoms with Gasteiger partial charge in [0.05, 0.1) is 63.7 Å². The van der Waals surface area contributed by atoms with Crippen molar-refractivity contribution in [2.45, 2.75) is 123 Å². The summed E-state index contributed by atoms with van der Waals surface area (Å²) in [5.74, 6) is 0.860. The second-order valence-corrected chi connectivity index (χ2v) is 19.2. The van der Waals surface area contributed by atoms with Gasteiger partial charge in [0, 0.05) is 25.0 Å². The third-order valence-corrected chi connectivity index (χ3v) is 12.2. The highest BCUT2D eigenvalue weighted by atomic mass is 16.6. The van der Waals surface area contributed by atoms with Crippen molar-refractivity contribution >= 4 is 30.2 Å². The number of carbonyl (C=O) groups excluding carboxylic acids is 5. The number of fused-ring (bicyclic) bond motifs is 2. The highest BCUT2D eigenvalue weighted by Crippen LogP contribution is 2.51. The number of nitrogens with zero attached hydrogens (tertiary/aromatic N) is 3. The number of aryl methyl sites for hydroxylation is 2. The number of esters is 2. The standard InChI is InChI=1S/C31H44N2O9.C23H32N2O7/c1-11-13-38-27-24-21(15-19(3)26(27)37-10)16-22(17-40-20(4)34)32(28(35)39-14-12-2)25(24)23-18-41-31(8,9)33(23)29(36)42-30(5,6)7;1-6-8-30-22-19-16(10-14(3)21(22)29-5)11-17(13-32-15(4)27)25(20(19)18(24)12-26)23(28)31-9-7-2/h11-12,15,22-23,25H,1-2,13-14,16-18H2,3-10H3;6-7,10,17-18,20,26H,1-2,8-9,11-13,24H2,3-5H3/t22-,23?,25-;17-,18?,20-/m00/s1. The van der Waals surface area contributed by atoms with E-state index in [1.54, 1.807) is 53.9 Å². The molecular weight excluding hydrogens is 961 g/mol. The van der Waals surface area contributed by atoms with Gasteiger partial charge in [0.25, 0.3) is 0 Å². The molecule has 3 N–H and O–H groups in total. The van der Waals surface area contributed by atoms with E-state index in [1.165, 1.54) is 47.8 Å². The topological polar surface area (TPSA) is 234 Å². The summed E-state index contributed by atoms with van der Waals surface area (Å²) in [4.78, 5) is 68.5. The third-order valence-electron chi connectivity index (χ3n) is 12.2. The van der Waals surface area contributed by atoms with Gasteiger partial charge in [-0.25, -0.2) is 14.4 Å². The van der Waals surface area contributed by atoms with Crippen LogP contribution in [0.4, 0.5) is 14.4 Å². The maximum Gasteiger partial charge on any atom is 0.412 e. The van der Waals surface area contributed by atoms with Crippen LogP contribution in [0.1, 0.15) is 93.9 Å². The Labute approximate surface area is 434 Å². The summed E-state index contributed by atoms with van der Waals surface area (Å²) in [6.07, 6.45) is 4.84. The maximum absolute atomic E-state index is 13.9. The summed E-state index contributed by atoms with van der Waals surface area (Å²) in [6.45, 7) is 29.8. The Morgan fingerprint density at radius 3 is 1.61 bits per heavy atom. The quantitative estimate of drug-likeness (QED) is 0.0809. The van der Waals surface area contributed by atoms with Crippen LogP contribution in [-0.4, -0.2) is 153 Å². The van der Waals surface area contributed by atoms with Crippen LogP contribution in [0.2, 0.25) is 0 Å². The van der Waals surface area contributed by atoms with Crippen molar-refractivity contribution in [3.8, 4) is 23.0 Å². The number of hydrogen-bond acceptors (Lipinski definition) is 17. The predicted molar refractivity (Wildman–Crippen MR) is 274 cm³/mol. The van der Waals surface area contributed by atoms with Crippen LogP contribution in [0.3, 0.4) is 0 Å². The molecule has 20 nitrogen and oxygen atoms in total. The van der Waals surface area contributed by atoms with E-state index in [2.05, 4.69) is 26.3 Å². The molecule has 0 aliphatic carbocycles. The average Bonchev–Trinajstić information content (AvgIpc) is 3.66. The van der Waals surface area contributed by atoms with Gasteiger partial charge in [0.15, 0.2) is 23.0 Å². The molecule has 2 unspecified atom stereocenters. The molecule has 3 heterocycles. The lowest BCUT2D eigenvalue weighted by Gasteiger charge is -2.47.